The first-order valence-corrected chi connectivity index (χ1v) is 9.81. The molecule has 1 aliphatic rings. The molecular formula is C21H36N2. The van der Waals surface area contributed by atoms with Crippen LogP contribution in [0.15, 0.2) is 12.7 Å². The summed E-state index contributed by atoms with van der Waals surface area (Å²) in [6.45, 7) is 8.48. The average molecular weight is 317 g/mol. The van der Waals surface area contributed by atoms with Crippen LogP contribution in [0.4, 0.5) is 0 Å². The van der Waals surface area contributed by atoms with E-state index in [0.29, 0.717) is 0 Å². The van der Waals surface area contributed by atoms with Gasteiger partial charge in [0.15, 0.2) is 0 Å². The molecule has 0 spiro atoms. The van der Waals surface area contributed by atoms with Gasteiger partial charge in [-0.05, 0) is 49.1 Å². The van der Waals surface area contributed by atoms with Crippen LogP contribution >= 0.6 is 0 Å². The lowest BCUT2D eigenvalue weighted by Gasteiger charge is -2.23. The highest BCUT2D eigenvalue weighted by atomic mass is 14.8. The van der Waals surface area contributed by atoms with E-state index in [0.717, 1.165) is 12.3 Å². The maximum atomic E-state index is 6.36. The summed E-state index contributed by atoms with van der Waals surface area (Å²) in [5, 5.41) is 0. The number of unbranched alkanes of at least 4 members (excludes halogenated alkanes) is 4. The third-order valence-electron chi connectivity index (χ3n) is 5.45. The molecule has 0 radical (unpaired) electrons. The molecule has 2 unspecified atom stereocenters. The first kappa shape index (κ1) is 18.3. The van der Waals surface area contributed by atoms with Crippen molar-refractivity contribution in [2.45, 2.75) is 90.5 Å². The van der Waals surface area contributed by atoms with Crippen molar-refractivity contribution in [2.24, 2.45) is 11.7 Å². The van der Waals surface area contributed by atoms with E-state index in [1.165, 1.54) is 86.7 Å². The number of hydrogen-bond donors (Lipinski definition) is 2. The first-order valence-electron chi connectivity index (χ1n) is 9.81. The largest absolute Gasteiger partial charge is 0.362 e. The quantitative estimate of drug-likeness (QED) is 0.427. The van der Waals surface area contributed by atoms with E-state index < -0.39 is 0 Å². The van der Waals surface area contributed by atoms with Gasteiger partial charge in [-0.1, -0.05) is 58.4 Å². The van der Waals surface area contributed by atoms with Gasteiger partial charge in [-0.2, -0.15) is 0 Å². The van der Waals surface area contributed by atoms with Crippen molar-refractivity contribution in [2.75, 3.05) is 0 Å². The highest BCUT2D eigenvalue weighted by Gasteiger charge is 2.26. The third kappa shape index (κ3) is 4.73. The van der Waals surface area contributed by atoms with E-state index in [1.807, 2.05) is 6.08 Å². The van der Waals surface area contributed by atoms with Crippen LogP contribution in [-0.2, 0) is 19.3 Å². The van der Waals surface area contributed by atoms with Crippen molar-refractivity contribution in [3.8, 4) is 0 Å². The molecule has 0 saturated carbocycles. The standard InChI is InChI=1S/C21H36N2/c1-4-7-9-11-16-13-14-17-20(15-16)23-19(12-10-8-5-2)21(17)18(22)6-3/h6,16,18,23H,3-5,7-15,22H2,1-2H3. The number of fused-ring (bicyclic) bond motifs is 1. The SMILES string of the molecule is C=CC(N)c1c(CCCCC)[nH]c2c1CCC(CCCCC)C2. The molecule has 3 N–H and O–H groups in total. The van der Waals surface area contributed by atoms with Crippen LogP contribution in [0.2, 0.25) is 0 Å². The molecule has 0 aliphatic heterocycles. The summed E-state index contributed by atoms with van der Waals surface area (Å²) in [6.07, 6.45) is 16.1. The minimum absolute atomic E-state index is 0.0109. The maximum absolute atomic E-state index is 6.36. The van der Waals surface area contributed by atoms with E-state index >= 15 is 0 Å². The second-order valence-electron chi connectivity index (χ2n) is 7.30. The van der Waals surface area contributed by atoms with Gasteiger partial charge in [0.25, 0.3) is 0 Å². The molecular weight excluding hydrogens is 280 g/mol. The van der Waals surface area contributed by atoms with Crippen LogP contribution < -0.4 is 5.73 Å². The molecule has 0 aromatic carbocycles. The van der Waals surface area contributed by atoms with Crippen LogP contribution in [0.5, 0.6) is 0 Å². The Morgan fingerprint density at radius 2 is 1.96 bits per heavy atom. The zero-order valence-electron chi connectivity index (χ0n) is 15.3. The van der Waals surface area contributed by atoms with Crippen LogP contribution in [0, 0.1) is 5.92 Å². The van der Waals surface area contributed by atoms with Gasteiger partial charge in [0.05, 0.1) is 0 Å². The molecule has 2 atom stereocenters. The number of aromatic nitrogens is 1. The topological polar surface area (TPSA) is 41.8 Å². The number of rotatable bonds is 10. The lowest BCUT2D eigenvalue weighted by atomic mass is 9.82. The number of H-pyrrole nitrogens is 1. The second-order valence-corrected chi connectivity index (χ2v) is 7.30. The van der Waals surface area contributed by atoms with Gasteiger partial charge in [-0.25, -0.2) is 0 Å². The van der Waals surface area contributed by atoms with E-state index in [4.69, 9.17) is 5.73 Å². The normalized spacial score (nSPS) is 18.7. The van der Waals surface area contributed by atoms with Gasteiger partial charge in [0.1, 0.15) is 0 Å². The number of nitrogens with two attached hydrogens (primary N) is 1. The fourth-order valence-electron chi connectivity index (χ4n) is 4.07. The monoisotopic (exact) mass is 316 g/mol. The lowest BCUT2D eigenvalue weighted by molar-refractivity contribution is 0.404. The Hall–Kier alpha value is -1.02. The van der Waals surface area contributed by atoms with E-state index in [-0.39, 0.29) is 6.04 Å². The molecule has 1 aromatic heterocycles. The molecule has 130 valence electrons. The van der Waals surface area contributed by atoms with E-state index in [2.05, 4.69) is 25.4 Å². The molecule has 2 rings (SSSR count). The van der Waals surface area contributed by atoms with Crippen LogP contribution in [0.25, 0.3) is 0 Å². The molecule has 2 nitrogen and oxygen atoms in total. The van der Waals surface area contributed by atoms with E-state index in [9.17, 15) is 0 Å². The predicted octanol–water partition coefficient (Wildman–Crippen LogP) is 5.62. The van der Waals surface area contributed by atoms with Crippen molar-refractivity contribution in [3.05, 3.63) is 35.2 Å². The van der Waals surface area contributed by atoms with Crippen molar-refractivity contribution >= 4 is 0 Å². The molecule has 0 bridgehead atoms. The summed E-state index contributed by atoms with van der Waals surface area (Å²) in [6, 6.07) is -0.0109. The Balaban J connectivity index is 2.11. The summed E-state index contributed by atoms with van der Waals surface area (Å²) in [5.74, 6) is 0.865. The second kappa shape index (κ2) is 9.32. The number of hydrogen-bond acceptors (Lipinski definition) is 1. The Bertz CT molecular complexity index is 486. The molecule has 1 aliphatic carbocycles. The van der Waals surface area contributed by atoms with Crippen molar-refractivity contribution in [1.82, 2.24) is 4.98 Å². The average Bonchev–Trinajstić information content (AvgIpc) is 2.92. The minimum Gasteiger partial charge on any atom is -0.362 e. The van der Waals surface area contributed by atoms with Crippen LogP contribution in [-0.4, -0.2) is 4.98 Å². The Morgan fingerprint density at radius 1 is 1.22 bits per heavy atom. The van der Waals surface area contributed by atoms with Gasteiger partial charge in [0.2, 0.25) is 0 Å². The molecule has 1 heterocycles. The Kier molecular flexibility index (Phi) is 7.42. The summed E-state index contributed by atoms with van der Waals surface area (Å²) in [5.41, 5.74) is 12.1. The highest BCUT2D eigenvalue weighted by Crippen LogP contribution is 2.35. The van der Waals surface area contributed by atoms with Gasteiger partial charge < -0.3 is 10.7 Å². The van der Waals surface area contributed by atoms with Crippen molar-refractivity contribution < 1.29 is 0 Å². The first-order chi connectivity index (χ1) is 11.2. The highest BCUT2D eigenvalue weighted by molar-refractivity contribution is 5.42. The van der Waals surface area contributed by atoms with Crippen molar-refractivity contribution in [3.63, 3.8) is 0 Å². The maximum Gasteiger partial charge on any atom is 0.0499 e. The van der Waals surface area contributed by atoms with E-state index in [1.54, 1.807) is 0 Å². The molecule has 1 aromatic rings. The molecule has 23 heavy (non-hydrogen) atoms. The van der Waals surface area contributed by atoms with Gasteiger partial charge in [0, 0.05) is 17.4 Å². The fraction of sp³-hybridized carbons (Fsp3) is 0.714. The zero-order chi connectivity index (χ0) is 16.7. The van der Waals surface area contributed by atoms with Crippen LogP contribution in [0.1, 0.15) is 93.8 Å². The van der Waals surface area contributed by atoms with Gasteiger partial charge >= 0.3 is 0 Å². The molecule has 0 amide bonds. The van der Waals surface area contributed by atoms with Gasteiger partial charge in [-0.15, -0.1) is 6.58 Å². The van der Waals surface area contributed by atoms with Crippen LogP contribution in [0.3, 0.4) is 0 Å². The lowest BCUT2D eigenvalue weighted by Crippen LogP contribution is -2.16. The molecule has 0 fully saturated rings. The summed E-state index contributed by atoms with van der Waals surface area (Å²) in [4.78, 5) is 3.77. The van der Waals surface area contributed by atoms with Crippen molar-refractivity contribution in [1.29, 1.82) is 0 Å². The summed E-state index contributed by atoms with van der Waals surface area (Å²) in [7, 11) is 0. The number of nitrogens with one attached hydrogen (secondary N) is 1. The number of aromatic amines is 1. The summed E-state index contributed by atoms with van der Waals surface area (Å²) < 4.78 is 0. The zero-order valence-corrected chi connectivity index (χ0v) is 15.3. The van der Waals surface area contributed by atoms with Gasteiger partial charge in [-0.3, -0.25) is 0 Å². The fourth-order valence-corrected chi connectivity index (χ4v) is 4.07. The number of aryl methyl sites for hydroxylation is 1. The Morgan fingerprint density at radius 3 is 2.65 bits per heavy atom. The Labute approximate surface area is 142 Å². The molecule has 2 heteroatoms. The summed E-state index contributed by atoms with van der Waals surface area (Å²) >= 11 is 0. The third-order valence-corrected chi connectivity index (χ3v) is 5.45. The molecule has 0 saturated heterocycles. The smallest absolute Gasteiger partial charge is 0.0499 e. The minimum atomic E-state index is -0.0109. The predicted molar refractivity (Wildman–Crippen MR) is 101 cm³/mol.